The first-order valence-corrected chi connectivity index (χ1v) is 23.1. The Kier molecular flexibility index (Phi) is 12.4. The molecule has 4 heterocycles. The number of carbonyl (C=O) groups excluding carboxylic acids is 4. The van der Waals surface area contributed by atoms with Gasteiger partial charge in [0.25, 0.3) is 5.91 Å². The quantitative estimate of drug-likeness (QED) is 0.0877. The summed E-state index contributed by atoms with van der Waals surface area (Å²) in [7, 11) is 2.59. The largest absolute Gasteiger partial charge is 0.488 e. The van der Waals surface area contributed by atoms with E-state index in [2.05, 4.69) is 69.1 Å². The molecule has 4 atom stereocenters. The number of hydrogen-bond acceptors (Lipinski definition) is 9. The van der Waals surface area contributed by atoms with Gasteiger partial charge in [-0.2, -0.15) is 0 Å². The molecular weight excluding hydrogens is 837 g/mol. The molecule has 4 amide bonds. The molecule has 0 unspecified atom stereocenters. The summed E-state index contributed by atoms with van der Waals surface area (Å²) in [5, 5.41) is 7.40. The normalized spacial score (nSPS) is 17.0. The summed E-state index contributed by atoms with van der Waals surface area (Å²) in [5.41, 5.74) is 8.48. The number of benzene rings is 4. The second kappa shape index (κ2) is 18.5. The number of likely N-dealkylation sites (tertiary alicyclic amines) is 1. The van der Waals surface area contributed by atoms with Crippen molar-refractivity contribution in [2.75, 3.05) is 27.3 Å². The Bertz CT molecular complexity index is 2790. The molecule has 1 aliphatic carbocycles. The number of H-pyrrole nitrogens is 2. The molecule has 1 saturated heterocycles. The molecule has 4 N–H and O–H groups in total. The van der Waals surface area contributed by atoms with Crippen LogP contribution in [0.2, 0.25) is 0 Å². The van der Waals surface area contributed by atoms with Crippen LogP contribution in [0.4, 0.5) is 9.59 Å². The van der Waals surface area contributed by atoms with Gasteiger partial charge >= 0.3 is 12.2 Å². The Morgan fingerprint density at radius 1 is 0.879 bits per heavy atom. The summed E-state index contributed by atoms with van der Waals surface area (Å²) >= 11 is 0. The van der Waals surface area contributed by atoms with Gasteiger partial charge in [0, 0.05) is 29.4 Å². The molecule has 6 aromatic rings. The van der Waals surface area contributed by atoms with Gasteiger partial charge in [-0.15, -0.1) is 0 Å². The molecule has 0 bridgehead atoms. The Morgan fingerprint density at radius 3 is 2.33 bits per heavy atom. The lowest BCUT2D eigenvalue weighted by Gasteiger charge is -2.33. The van der Waals surface area contributed by atoms with Crippen molar-refractivity contribution in [3.8, 4) is 28.1 Å². The highest BCUT2D eigenvalue weighted by Gasteiger charge is 2.38. The highest BCUT2D eigenvalue weighted by molar-refractivity contribution is 6.09. The fourth-order valence-electron chi connectivity index (χ4n) is 9.79. The van der Waals surface area contributed by atoms with Gasteiger partial charge in [-0.25, -0.2) is 19.6 Å². The predicted molar refractivity (Wildman–Crippen MR) is 251 cm³/mol. The molecule has 3 aliphatic rings. The van der Waals surface area contributed by atoms with Crippen molar-refractivity contribution >= 4 is 45.8 Å². The number of alkyl carbamates (subject to hydrolysis) is 2. The fourth-order valence-corrected chi connectivity index (χ4v) is 9.79. The Labute approximate surface area is 384 Å². The first kappa shape index (κ1) is 44.3. The number of methoxy groups -OCH3 is 2. The molecule has 0 spiro atoms. The molecule has 4 aromatic carbocycles. The third-order valence-electron chi connectivity index (χ3n) is 13.7. The second-order valence-corrected chi connectivity index (χ2v) is 18.1. The van der Waals surface area contributed by atoms with Crippen molar-refractivity contribution < 1.29 is 33.4 Å². The van der Waals surface area contributed by atoms with Gasteiger partial charge in [-0.1, -0.05) is 69.7 Å². The maximum Gasteiger partial charge on any atom is 0.407 e. The van der Waals surface area contributed by atoms with Gasteiger partial charge in [-0.05, 0) is 103 Å². The van der Waals surface area contributed by atoms with E-state index >= 15 is 0 Å². The van der Waals surface area contributed by atoms with Gasteiger partial charge in [0.15, 0.2) is 0 Å². The van der Waals surface area contributed by atoms with E-state index in [1.807, 2.05) is 50.8 Å². The fraction of sp³-hybridized carbons (Fsp3) is 0.412. The summed E-state index contributed by atoms with van der Waals surface area (Å²) < 4.78 is 16.3. The topological polar surface area (TPSA) is 184 Å². The van der Waals surface area contributed by atoms with Crippen LogP contribution in [-0.4, -0.2) is 87.1 Å². The number of amides is 4. The maximum absolute atomic E-state index is 14.4. The molecule has 66 heavy (non-hydrogen) atoms. The van der Waals surface area contributed by atoms with E-state index in [0.717, 1.165) is 80.3 Å². The van der Waals surface area contributed by atoms with Crippen LogP contribution in [-0.2, 0) is 25.7 Å². The number of carbonyl (C=O) groups is 4. The molecule has 9 rings (SSSR count). The summed E-state index contributed by atoms with van der Waals surface area (Å²) in [6.45, 7) is 9.13. The highest BCUT2D eigenvalue weighted by Crippen LogP contribution is 2.45. The molecular formula is C51H58N8O7. The lowest BCUT2D eigenvalue weighted by atomic mass is 9.80. The molecule has 0 radical (unpaired) electrons. The molecule has 15 nitrogen and oxygen atoms in total. The highest BCUT2D eigenvalue weighted by atomic mass is 16.5. The number of rotatable bonds is 13. The van der Waals surface area contributed by atoms with Crippen LogP contribution in [0.1, 0.15) is 119 Å². The van der Waals surface area contributed by atoms with Crippen molar-refractivity contribution in [1.29, 1.82) is 0 Å². The van der Waals surface area contributed by atoms with E-state index in [4.69, 9.17) is 24.2 Å². The van der Waals surface area contributed by atoms with Crippen molar-refractivity contribution in [2.45, 2.75) is 103 Å². The second-order valence-electron chi connectivity index (χ2n) is 18.1. The first-order valence-electron chi connectivity index (χ1n) is 23.1. The van der Waals surface area contributed by atoms with Crippen molar-refractivity contribution in [3.63, 3.8) is 0 Å². The number of ether oxygens (including phenoxy) is 3. The van der Waals surface area contributed by atoms with Crippen LogP contribution in [0, 0.1) is 5.92 Å². The number of nitrogens with one attached hydrogen (secondary N) is 4. The number of fused-ring (bicyclic) bond motifs is 7. The van der Waals surface area contributed by atoms with Gasteiger partial charge in [-0.3, -0.25) is 9.59 Å². The minimum atomic E-state index is -0.900. The Morgan fingerprint density at radius 2 is 1.62 bits per heavy atom. The van der Waals surface area contributed by atoms with E-state index < -0.39 is 24.3 Å². The van der Waals surface area contributed by atoms with Crippen LogP contribution >= 0.6 is 0 Å². The van der Waals surface area contributed by atoms with Crippen LogP contribution < -0.4 is 15.4 Å². The molecule has 2 aromatic heterocycles. The molecule has 1 saturated carbocycles. The minimum Gasteiger partial charge on any atom is -0.488 e. The smallest absolute Gasteiger partial charge is 0.407 e. The third kappa shape index (κ3) is 8.30. The molecule has 2 aliphatic heterocycles. The number of imidazole rings is 2. The number of aromatic amines is 2. The van der Waals surface area contributed by atoms with Crippen molar-refractivity contribution in [2.24, 2.45) is 5.92 Å². The summed E-state index contributed by atoms with van der Waals surface area (Å²) in [4.78, 5) is 73.3. The van der Waals surface area contributed by atoms with Crippen molar-refractivity contribution in [1.82, 2.24) is 40.4 Å². The third-order valence-corrected chi connectivity index (χ3v) is 13.7. The monoisotopic (exact) mass is 894 g/mol. The van der Waals surface area contributed by atoms with Crippen LogP contribution in [0.25, 0.3) is 44.2 Å². The average Bonchev–Trinajstić information content (AvgIpc) is 4.11. The summed E-state index contributed by atoms with van der Waals surface area (Å²) in [6, 6.07) is 20.3. The van der Waals surface area contributed by atoms with E-state index in [0.29, 0.717) is 37.3 Å². The standard InChI is InChI=1S/C51H58N8O7/c1-7-23-58(48(60)42(28(2)3)56-50(62)64-5)29(4)46-52-26-40(54-46)33-17-18-35-34(25-33)27-66-45-37(35)20-19-36-38(45)21-22-39-44(36)55-47(53-39)41-12-9-24-59(41)49(61)43(57-51(63)65-6)32-15-13-31(14-16-32)30-10-8-11-30/h13-22,25-26,28-30,41-43H,7-12,23-24,27H2,1-6H3,(H,52,54)(H,53,55)(H,56,62)(H,57,63)/t29-,41-,42-,43+/m0/s1. The zero-order valence-electron chi connectivity index (χ0n) is 38.4. The van der Waals surface area contributed by atoms with Gasteiger partial charge in [0.1, 0.15) is 36.1 Å². The number of nitrogens with zero attached hydrogens (tertiary/aromatic N) is 4. The Balaban J connectivity index is 0.950. The lowest BCUT2D eigenvalue weighted by Crippen LogP contribution is -2.52. The maximum atomic E-state index is 14.4. The molecule has 2 fully saturated rings. The van der Waals surface area contributed by atoms with E-state index in [-0.39, 0.29) is 29.8 Å². The average molecular weight is 895 g/mol. The van der Waals surface area contributed by atoms with E-state index in [1.54, 1.807) is 11.1 Å². The van der Waals surface area contributed by atoms with Crippen LogP contribution in [0.5, 0.6) is 5.75 Å². The van der Waals surface area contributed by atoms with Crippen LogP contribution in [0.3, 0.4) is 0 Å². The first-order chi connectivity index (χ1) is 32.0. The number of hydrogen-bond donors (Lipinski definition) is 4. The lowest BCUT2D eigenvalue weighted by molar-refractivity contribution is -0.137. The zero-order valence-corrected chi connectivity index (χ0v) is 38.4. The van der Waals surface area contributed by atoms with Crippen LogP contribution in [0.15, 0.2) is 72.9 Å². The van der Waals surface area contributed by atoms with Gasteiger partial charge < -0.3 is 44.6 Å². The van der Waals surface area contributed by atoms with E-state index in [9.17, 15) is 19.2 Å². The number of aromatic nitrogens is 4. The Hall–Kier alpha value is -6.90. The summed E-state index contributed by atoms with van der Waals surface area (Å²) in [6.07, 6.45) is 6.34. The minimum absolute atomic E-state index is 0.147. The zero-order chi connectivity index (χ0) is 46.2. The van der Waals surface area contributed by atoms with Gasteiger partial charge in [0.05, 0.1) is 49.2 Å². The SMILES string of the molecule is CCCN(C(=O)[C@@H](NC(=O)OC)C(C)C)[C@@H](C)c1ncc(-c2ccc3c(c2)COc2c-3ccc3c2ccc2[nH]c([C@@H]4CCCN4C(=O)[C@H](NC(=O)OC)c4ccc(C5CCC5)cc4)nc23)[nH]1. The summed E-state index contributed by atoms with van der Waals surface area (Å²) in [5.74, 6) is 2.15. The van der Waals surface area contributed by atoms with Crippen molar-refractivity contribution in [3.05, 3.63) is 101 Å². The molecule has 344 valence electrons. The van der Waals surface area contributed by atoms with E-state index in [1.165, 1.54) is 39.0 Å². The van der Waals surface area contributed by atoms with Gasteiger partial charge in [0.2, 0.25) is 5.91 Å². The molecule has 15 heteroatoms. The predicted octanol–water partition coefficient (Wildman–Crippen LogP) is 9.37.